The molecule has 40 heavy (non-hydrogen) atoms. The molecule has 218 valence electrons. The minimum atomic E-state index is -1.19. The van der Waals surface area contributed by atoms with Crippen LogP contribution in [0.15, 0.2) is 54.6 Å². The van der Waals surface area contributed by atoms with Crippen LogP contribution < -0.4 is 4.74 Å². The normalized spacial score (nSPS) is 23.0. The summed E-state index contributed by atoms with van der Waals surface area (Å²) in [5, 5.41) is 21.1. The molecule has 0 radical (unpaired) electrons. The molecule has 1 amide bonds. The summed E-state index contributed by atoms with van der Waals surface area (Å²) in [6.07, 6.45) is 2.49. The molecule has 2 aliphatic rings. The second-order valence-corrected chi connectivity index (χ2v) is 11.2. The lowest BCUT2D eigenvalue weighted by Gasteiger charge is -2.40. The van der Waals surface area contributed by atoms with Gasteiger partial charge in [-0.05, 0) is 68.8 Å². The van der Waals surface area contributed by atoms with Crippen molar-refractivity contribution in [3.8, 4) is 5.75 Å². The van der Waals surface area contributed by atoms with Crippen LogP contribution in [0.2, 0.25) is 0 Å². The van der Waals surface area contributed by atoms with E-state index in [1.165, 1.54) is 5.56 Å². The number of aliphatic hydroxyl groups is 2. The molecule has 8 heteroatoms. The Bertz CT molecular complexity index is 1090. The number of amides is 1. The molecule has 0 bridgehead atoms. The molecule has 2 aliphatic heterocycles. The Morgan fingerprint density at radius 3 is 2.42 bits per heavy atom. The molecule has 2 atom stereocenters. The Balaban J connectivity index is 1.38. The van der Waals surface area contributed by atoms with Crippen LogP contribution in [-0.2, 0) is 27.3 Å². The molecule has 0 saturated carbocycles. The molecule has 4 rings (SSSR count). The smallest absolute Gasteiger partial charge is 0.312 e. The Labute approximate surface area is 237 Å². The Morgan fingerprint density at radius 2 is 1.68 bits per heavy atom. The summed E-state index contributed by atoms with van der Waals surface area (Å²) in [5.74, 6) is 0.504. The first-order valence-corrected chi connectivity index (χ1v) is 14.6. The van der Waals surface area contributed by atoms with E-state index in [1.54, 1.807) is 12.0 Å². The maximum atomic E-state index is 13.3. The monoisotopic (exact) mass is 552 g/mol. The molecule has 2 N–H and O–H groups in total. The summed E-state index contributed by atoms with van der Waals surface area (Å²) in [7, 11) is 1.63. The van der Waals surface area contributed by atoms with Crippen molar-refractivity contribution in [1.82, 2.24) is 9.80 Å². The summed E-state index contributed by atoms with van der Waals surface area (Å²) in [6, 6.07) is 18.0. The lowest BCUT2D eigenvalue weighted by atomic mass is 9.74. The zero-order valence-electron chi connectivity index (χ0n) is 23.7. The van der Waals surface area contributed by atoms with E-state index in [9.17, 15) is 19.8 Å². The van der Waals surface area contributed by atoms with E-state index in [2.05, 4.69) is 17.0 Å². The number of esters is 1. The molecule has 0 unspecified atom stereocenters. The highest BCUT2D eigenvalue weighted by molar-refractivity contribution is 5.77. The fraction of sp³-hybridized carbons (Fsp3) is 0.562. The molecule has 1 spiro atoms. The SMILES string of the molecule is COc1ccccc1CCC(=O)N1CCCCC2(CCN(Cc3ccccc3)CC2)C(=O)OC[C@@H](O)[C@@H](O)CC1. The molecular weight excluding hydrogens is 508 g/mol. The molecule has 0 aliphatic carbocycles. The fourth-order valence-corrected chi connectivity index (χ4v) is 5.88. The number of piperidine rings is 1. The van der Waals surface area contributed by atoms with Crippen LogP contribution in [0.5, 0.6) is 5.75 Å². The predicted octanol–water partition coefficient (Wildman–Crippen LogP) is 3.58. The van der Waals surface area contributed by atoms with Crippen LogP contribution in [0.4, 0.5) is 0 Å². The molecule has 0 aromatic heterocycles. The third kappa shape index (κ3) is 8.05. The zero-order valence-corrected chi connectivity index (χ0v) is 23.7. The third-order valence-corrected chi connectivity index (χ3v) is 8.51. The Kier molecular flexibility index (Phi) is 11.0. The summed E-state index contributed by atoms with van der Waals surface area (Å²) >= 11 is 0. The molecule has 2 aromatic carbocycles. The van der Waals surface area contributed by atoms with E-state index < -0.39 is 17.6 Å². The first kappa shape index (κ1) is 30.0. The van der Waals surface area contributed by atoms with Gasteiger partial charge >= 0.3 is 5.97 Å². The lowest BCUT2D eigenvalue weighted by molar-refractivity contribution is -0.165. The fourth-order valence-electron chi connectivity index (χ4n) is 5.88. The van der Waals surface area contributed by atoms with Crippen LogP contribution in [0.3, 0.4) is 0 Å². The van der Waals surface area contributed by atoms with Crippen molar-refractivity contribution >= 4 is 11.9 Å². The van der Waals surface area contributed by atoms with Gasteiger partial charge in [0.1, 0.15) is 18.5 Å². The maximum absolute atomic E-state index is 13.3. The van der Waals surface area contributed by atoms with Gasteiger partial charge in [0, 0.05) is 26.1 Å². The van der Waals surface area contributed by atoms with Crippen LogP contribution in [-0.4, -0.2) is 84.0 Å². The van der Waals surface area contributed by atoms with E-state index in [0.717, 1.165) is 43.8 Å². The zero-order chi connectivity index (χ0) is 28.4. The van der Waals surface area contributed by atoms with Gasteiger partial charge in [-0.1, -0.05) is 55.0 Å². The minimum Gasteiger partial charge on any atom is -0.496 e. The number of hydrogen-bond acceptors (Lipinski definition) is 7. The van der Waals surface area contributed by atoms with Gasteiger partial charge in [0.15, 0.2) is 0 Å². The number of aryl methyl sites for hydroxylation is 1. The number of ether oxygens (including phenoxy) is 2. The number of nitrogens with zero attached hydrogens (tertiary/aromatic N) is 2. The van der Waals surface area contributed by atoms with Crippen LogP contribution >= 0.6 is 0 Å². The maximum Gasteiger partial charge on any atom is 0.312 e. The predicted molar refractivity (Wildman–Crippen MR) is 153 cm³/mol. The van der Waals surface area contributed by atoms with Crippen molar-refractivity contribution in [2.75, 3.05) is 39.9 Å². The van der Waals surface area contributed by atoms with Crippen molar-refractivity contribution in [3.63, 3.8) is 0 Å². The number of methoxy groups -OCH3 is 1. The van der Waals surface area contributed by atoms with Gasteiger partial charge in [-0.2, -0.15) is 0 Å². The lowest BCUT2D eigenvalue weighted by Crippen LogP contribution is -2.45. The van der Waals surface area contributed by atoms with Crippen molar-refractivity contribution in [1.29, 1.82) is 0 Å². The highest BCUT2D eigenvalue weighted by Crippen LogP contribution is 2.38. The van der Waals surface area contributed by atoms with Crippen LogP contribution in [0.1, 0.15) is 56.1 Å². The topological polar surface area (TPSA) is 99.5 Å². The number of carbonyl (C=O) groups is 2. The standard InChI is InChI=1S/C32H44N2O6/c1-39-29-12-6-5-11-26(29)13-14-30(37)34-19-8-7-16-32(31(38)40-24-28(36)27(35)15-20-34)17-21-33(22-18-32)23-25-9-3-2-4-10-25/h2-6,9-12,27-28,35-36H,7-8,13-24H2,1H3/t27-,28+/m0/s1. The summed E-state index contributed by atoms with van der Waals surface area (Å²) < 4.78 is 11.0. The van der Waals surface area contributed by atoms with Gasteiger partial charge in [-0.15, -0.1) is 0 Å². The highest BCUT2D eigenvalue weighted by atomic mass is 16.5. The van der Waals surface area contributed by atoms with E-state index >= 15 is 0 Å². The first-order chi connectivity index (χ1) is 19.4. The van der Waals surface area contributed by atoms with Gasteiger partial charge in [0.25, 0.3) is 0 Å². The van der Waals surface area contributed by atoms with Crippen molar-refractivity contribution in [2.45, 2.75) is 70.1 Å². The van der Waals surface area contributed by atoms with Crippen molar-refractivity contribution in [3.05, 3.63) is 65.7 Å². The number of rotatable bonds is 6. The average molecular weight is 553 g/mol. The molecule has 8 nitrogen and oxygen atoms in total. The van der Waals surface area contributed by atoms with Crippen molar-refractivity contribution in [2.24, 2.45) is 5.41 Å². The number of aliphatic hydroxyl groups excluding tert-OH is 2. The number of para-hydroxylation sites is 1. The Hall–Kier alpha value is -2.94. The van der Waals surface area contributed by atoms with Gasteiger partial charge in [0.2, 0.25) is 5.91 Å². The van der Waals surface area contributed by atoms with E-state index in [0.29, 0.717) is 45.2 Å². The number of hydrogen-bond donors (Lipinski definition) is 2. The largest absolute Gasteiger partial charge is 0.496 e. The molecule has 2 aromatic rings. The van der Waals surface area contributed by atoms with Gasteiger partial charge < -0.3 is 24.6 Å². The summed E-state index contributed by atoms with van der Waals surface area (Å²) in [4.78, 5) is 30.7. The number of benzene rings is 2. The van der Waals surface area contributed by atoms with E-state index in [1.807, 2.05) is 42.5 Å². The molecule has 2 heterocycles. The third-order valence-electron chi connectivity index (χ3n) is 8.51. The number of cyclic esters (lactones) is 1. The van der Waals surface area contributed by atoms with Crippen LogP contribution in [0, 0.1) is 5.41 Å². The highest BCUT2D eigenvalue weighted by Gasteiger charge is 2.42. The summed E-state index contributed by atoms with van der Waals surface area (Å²) in [6.45, 7) is 3.10. The van der Waals surface area contributed by atoms with Gasteiger partial charge in [-0.25, -0.2) is 0 Å². The van der Waals surface area contributed by atoms with Gasteiger partial charge in [0.05, 0.1) is 18.6 Å². The average Bonchev–Trinajstić information content (AvgIpc) is 2.99. The van der Waals surface area contributed by atoms with Crippen LogP contribution in [0.25, 0.3) is 0 Å². The van der Waals surface area contributed by atoms with Gasteiger partial charge in [-0.3, -0.25) is 14.5 Å². The summed E-state index contributed by atoms with van der Waals surface area (Å²) in [5.41, 5.74) is 1.63. The first-order valence-electron chi connectivity index (χ1n) is 14.6. The molecule has 2 saturated heterocycles. The second kappa shape index (κ2) is 14.6. The van der Waals surface area contributed by atoms with E-state index in [4.69, 9.17) is 9.47 Å². The minimum absolute atomic E-state index is 0.0127. The number of carbonyl (C=O) groups excluding carboxylic acids is 2. The van der Waals surface area contributed by atoms with Crippen molar-refractivity contribution < 1.29 is 29.3 Å². The van der Waals surface area contributed by atoms with E-state index in [-0.39, 0.29) is 24.9 Å². The Morgan fingerprint density at radius 1 is 0.950 bits per heavy atom. The quantitative estimate of drug-likeness (QED) is 0.529. The number of likely N-dealkylation sites (tertiary alicyclic amines) is 1. The molecule has 2 fully saturated rings. The molecular formula is C32H44N2O6. The second-order valence-electron chi connectivity index (χ2n) is 11.2.